The van der Waals surface area contributed by atoms with Gasteiger partial charge in [-0.1, -0.05) is 30.3 Å². The van der Waals surface area contributed by atoms with Crippen LogP contribution in [0.1, 0.15) is 33.3 Å². The minimum Gasteiger partial charge on any atom is -0.444 e. The fraction of sp³-hybridized carbons (Fsp3) is 0.556. The van der Waals surface area contributed by atoms with Crippen molar-refractivity contribution in [3.63, 3.8) is 0 Å². The summed E-state index contributed by atoms with van der Waals surface area (Å²) in [6, 6.07) is 9.71. The van der Waals surface area contributed by atoms with Crippen molar-refractivity contribution in [2.75, 3.05) is 19.6 Å². The van der Waals surface area contributed by atoms with Crippen molar-refractivity contribution >= 4 is 11.9 Å². The van der Waals surface area contributed by atoms with Gasteiger partial charge in [-0.15, -0.1) is 0 Å². The summed E-state index contributed by atoms with van der Waals surface area (Å²) in [5.74, 6) is -0.00591. The lowest BCUT2D eigenvalue weighted by Gasteiger charge is -2.40. The van der Waals surface area contributed by atoms with Gasteiger partial charge in [-0.3, -0.25) is 14.6 Å². The number of nitrogens with zero attached hydrogens (tertiary/aromatic N) is 2. The van der Waals surface area contributed by atoms with E-state index in [0.717, 1.165) is 13.1 Å². The maximum absolute atomic E-state index is 12.3. The summed E-state index contributed by atoms with van der Waals surface area (Å²) < 4.78 is 5.43. The molecule has 5 heteroatoms. The minimum atomic E-state index is -0.556. The van der Waals surface area contributed by atoms with Crippen molar-refractivity contribution in [1.82, 2.24) is 9.80 Å². The third kappa shape index (κ3) is 5.06. The van der Waals surface area contributed by atoms with Crippen LogP contribution in [0.4, 0.5) is 4.79 Å². The van der Waals surface area contributed by atoms with Crippen molar-refractivity contribution in [1.29, 1.82) is 0 Å². The number of ketones is 1. The van der Waals surface area contributed by atoms with Crippen LogP contribution in [-0.4, -0.2) is 53.0 Å². The Kier molecular flexibility index (Phi) is 5.42. The first-order valence-electron chi connectivity index (χ1n) is 8.02. The Morgan fingerprint density at radius 3 is 2.39 bits per heavy atom. The molecule has 126 valence electrons. The number of amides is 1. The zero-order valence-electron chi connectivity index (χ0n) is 14.4. The van der Waals surface area contributed by atoms with Gasteiger partial charge in [0.2, 0.25) is 0 Å². The maximum atomic E-state index is 12.3. The van der Waals surface area contributed by atoms with Crippen molar-refractivity contribution in [2.24, 2.45) is 0 Å². The molecule has 0 bridgehead atoms. The molecule has 0 aromatic heterocycles. The molecule has 1 fully saturated rings. The van der Waals surface area contributed by atoms with Gasteiger partial charge < -0.3 is 4.74 Å². The van der Waals surface area contributed by atoms with E-state index < -0.39 is 17.7 Å². The number of benzene rings is 1. The van der Waals surface area contributed by atoms with E-state index >= 15 is 0 Å². The lowest BCUT2D eigenvalue weighted by Crippen LogP contribution is -2.58. The van der Waals surface area contributed by atoms with Gasteiger partial charge in [-0.25, -0.2) is 4.79 Å². The van der Waals surface area contributed by atoms with Crippen molar-refractivity contribution in [3.05, 3.63) is 35.9 Å². The number of carbonyl (C=O) groups excluding carboxylic acids is 2. The highest BCUT2D eigenvalue weighted by atomic mass is 16.6. The second kappa shape index (κ2) is 7.13. The molecule has 1 aliphatic rings. The largest absolute Gasteiger partial charge is 0.444 e. The molecule has 1 amide bonds. The van der Waals surface area contributed by atoms with Gasteiger partial charge in [0.1, 0.15) is 11.6 Å². The SMILES string of the molecule is CC(=O)C1CN(Cc2ccccc2)CCN1C(=O)OC(C)(C)C. The smallest absolute Gasteiger partial charge is 0.410 e. The first-order valence-corrected chi connectivity index (χ1v) is 8.02. The Balaban J connectivity index is 2.03. The molecule has 1 saturated heterocycles. The Morgan fingerprint density at radius 2 is 1.83 bits per heavy atom. The van der Waals surface area contributed by atoms with Gasteiger partial charge in [-0.05, 0) is 33.3 Å². The molecule has 0 radical (unpaired) electrons. The molecule has 0 N–H and O–H groups in total. The summed E-state index contributed by atoms with van der Waals surface area (Å²) in [5.41, 5.74) is 0.653. The number of rotatable bonds is 3. The van der Waals surface area contributed by atoms with Gasteiger partial charge in [0.15, 0.2) is 5.78 Å². The number of Topliss-reactive ketones (excluding diaryl/α,β-unsaturated/α-hetero) is 1. The molecule has 1 heterocycles. The van der Waals surface area contributed by atoms with Crippen LogP contribution in [0.3, 0.4) is 0 Å². The quantitative estimate of drug-likeness (QED) is 0.860. The molecule has 5 nitrogen and oxygen atoms in total. The van der Waals surface area contributed by atoms with Crippen molar-refractivity contribution in [2.45, 2.75) is 45.9 Å². The second-order valence-corrected chi connectivity index (χ2v) is 7.02. The normalized spacial score (nSPS) is 19.5. The van der Waals surface area contributed by atoms with Crippen LogP contribution < -0.4 is 0 Å². The molecule has 2 rings (SSSR count). The van der Waals surface area contributed by atoms with E-state index in [1.54, 1.807) is 4.90 Å². The second-order valence-electron chi connectivity index (χ2n) is 7.02. The molecular formula is C18H26N2O3. The van der Waals surface area contributed by atoms with Crippen LogP contribution in [0, 0.1) is 0 Å². The van der Waals surface area contributed by atoms with Gasteiger partial charge in [0.05, 0.1) is 0 Å². The molecule has 1 aromatic rings. The Morgan fingerprint density at radius 1 is 1.17 bits per heavy atom. The van der Waals surface area contributed by atoms with E-state index in [1.807, 2.05) is 39.0 Å². The van der Waals surface area contributed by atoms with Crippen molar-refractivity contribution < 1.29 is 14.3 Å². The Labute approximate surface area is 138 Å². The lowest BCUT2D eigenvalue weighted by atomic mass is 10.1. The molecule has 0 aliphatic carbocycles. The number of ether oxygens (including phenoxy) is 1. The highest BCUT2D eigenvalue weighted by Crippen LogP contribution is 2.18. The van der Waals surface area contributed by atoms with E-state index in [1.165, 1.54) is 12.5 Å². The first-order chi connectivity index (χ1) is 10.8. The Bertz CT molecular complexity index is 551. The molecular weight excluding hydrogens is 292 g/mol. The predicted molar refractivity (Wildman–Crippen MR) is 89.1 cm³/mol. The van der Waals surface area contributed by atoms with Crippen molar-refractivity contribution in [3.8, 4) is 0 Å². The van der Waals surface area contributed by atoms with Gasteiger partial charge in [-0.2, -0.15) is 0 Å². The van der Waals surface area contributed by atoms with Crippen LogP contribution in [0.25, 0.3) is 0 Å². The first kappa shape index (κ1) is 17.5. The summed E-state index contributed by atoms with van der Waals surface area (Å²) in [6.07, 6.45) is -0.405. The van der Waals surface area contributed by atoms with E-state index in [2.05, 4.69) is 17.0 Å². The summed E-state index contributed by atoms with van der Waals surface area (Å²) in [5, 5.41) is 0. The van der Waals surface area contributed by atoms with Gasteiger partial charge >= 0.3 is 6.09 Å². The zero-order chi connectivity index (χ0) is 17.0. The fourth-order valence-electron chi connectivity index (χ4n) is 2.71. The number of carbonyl (C=O) groups is 2. The number of hydrogen-bond acceptors (Lipinski definition) is 4. The van der Waals surface area contributed by atoms with Crippen LogP contribution in [0.5, 0.6) is 0 Å². The molecule has 0 spiro atoms. The summed E-state index contributed by atoms with van der Waals surface area (Å²) in [7, 11) is 0. The third-order valence-corrected chi connectivity index (χ3v) is 3.81. The number of hydrogen-bond donors (Lipinski definition) is 0. The highest BCUT2D eigenvalue weighted by Gasteiger charge is 2.35. The zero-order valence-corrected chi connectivity index (χ0v) is 14.4. The summed E-state index contributed by atoms with van der Waals surface area (Å²) in [6.45, 7) is 9.60. The van der Waals surface area contributed by atoms with Gasteiger partial charge in [0, 0.05) is 26.2 Å². The molecule has 1 atom stereocenters. The molecule has 23 heavy (non-hydrogen) atoms. The molecule has 1 aliphatic heterocycles. The van der Waals surface area contributed by atoms with E-state index in [-0.39, 0.29) is 5.78 Å². The van der Waals surface area contributed by atoms with Crippen LogP contribution in [0.2, 0.25) is 0 Å². The minimum absolute atomic E-state index is 0.00591. The fourth-order valence-corrected chi connectivity index (χ4v) is 2.71. The van der Waals surface area contributed by atoms with Crippen LogP contribution in [-0.2, 0) is 16.1 Å². The average Bonchev–Trinajstić information content (AvgIpc) is 2.46. The monoisotopic (exact) mass is 318 g/mol. The molecule has 1 aromatic carbocycles. The van der Waals surface area contributed by atoms with Crippen LogP contribution in [0.15, 0.2) is 30.3 Å². The van der Waals surface area contributed by atoms with Gasteiger partial charge in [0.25, 0.3) is 0 Å². The summed E-state index contributed by atoms with van der Waals surface area (Å²) >= 11 is 0. The standard InChI is InChI=1S/C18H26N2O3/c1-14(21)16-13-19(12-15-8-6-5-7-9-15)10-11-20(16)17(22)23-18(2,3)4/h5-9,16H,10-13H2,1-4H3. The third-order valence-electron chi connectivity index (χ3n) is 3.81. The van der Waals surface area contributed by atoms with Crippen LogP contribution >= 0.6 is 0 Å². The van der Waals surface area contributed by atoms with E-state index in [4.69, 9.17) is 4.74 Å². The molecule has 1 unspecified atom stereocenters. The maximum Gasteiger partial charge on any atom is 0.410 e. The number of piperazine rings is 1. The molecule has 0 saturated carbocycles. The van der Waals surface area contributed by atoms with E-state index in [0.29, 0.717) is 13.1 Å². The topological polar surface area (TPSA) is 49.9 Å². The average molecular weight is 318 g/mol. The lowest BCUT2D eigenvalue weighted by molar-refractivity contribution is -0.124. The summed E-state index contributed by atoms with van der Waals surface area (Å²) in [4.78, 5) is 28.1. The van der Waals surface area contributed by atoms with E-state index in [9.17, 15) is 9.59 Å². The highest BCUT2D eigenvalue weighted by molar-refractivity contribution is 5.86. The predicted octanol–water partition coefficient (Wildman–Crippen LogP) is 2.70. The Hall–Kier alpha value is -1.88.